The van der Waals surface area contributed by atoms with E-state index in [2.05, 4.69) is 66.3 Å². The molecule has 0 heterocycles. The second-order valence-electron chi connectivity index (χ2n) is 5.02. The molecule has 2 aromatic rings. The van der Waals surface area contributed by atoms with Crippen LogP contribution in [-0.2, 0) is 0 Å². The zero-order valence-corrected chi connectivity index (χ0v) is 14.3. The van der Waals surface area contributed by atoms with Crippen LogP contribution in [0, 0.1) is 13.8 Å². The van der Waals surface area contributed by atoms with Crippen molar-refractivity contribution in [1.29, 1.82) is 0 Å². The molecule has 0 fully saturated rings. The van der Waals surface area contributed by atoms with E-state index in [4.69, 9.17) is 11.6 Å². The van der Waals surface area contributed by atoms with Gasteiger partial charge in [0.15, 0.2) is 0 Å². The van der Waals surface area contributed by atoms with Crippen LogP contribution in [0.2, 0.25) is 5.02 Å². The molecule has 0 radical (unpaired) electrons. The van der Waals surface area contributed by atoms with Gasteiger partial charge >= 0.3 is 0 Å². The minimum Gasteiger partial charge on any atom is -0.306 e. The number of nitrogens with one attached hydrogen (secondary N) is 1. The van der Waals surface area contributed by atoms with Crippen molar-refractivity contribution < 1.29 is 0 Å². The van der Waals surface area contributed by atoms with Gasteiger partial charge in [-0.1, -0.05) is 58.2 Å². The van der Waals surface area contributed by atoms with E-state index in [0.717, 1.165) is 21.6 Å². The molecule has 1 N–H and O–H groups in total. The number of hydrogen-bond donors (Lipinski definition) is 1. The molecule has 0 saturated heterocycles. The van der Waals surface area contributed by atoms with Crippen LogP contribution in [0.1, 0.15) is 35.2 Å². The third kappa shape index (κ3) is 3.43. The molecule has 20 heavy (non-hydrogen) atoms. The van der Waals surface area contributed by atoms with Crippen LogP contribution in [0.25, 0.3) is 0 Å². The molecule has 0 amide bonds. The van der Waals surface area contributed by atoms with Crippen LogP contribution >= 0.6 is 27.5 Å². The van der Waals surface area contributed by atoms with E-state index in [1.807, 2.05) is 12.1 Å². The number of aryl methyl sites for hydroxylation is 2. The van der Waals surface area contributed by atoms with Crippen LogP contribution in [0.15, 0.2) is 40.9 Å². The largest absolute Gasteiger partial charge is 0.306 e. The summed E-state index contributed by atoms with van der Waals surface area (Å²) in [5.74, 6) is 0. The van der Waals surface area contributed by atoms with Gasteiger partial charge in [-0.2, -0.15) is 0 Å². The van der Waals surface area contributed by atoms with E-state index < -0.39 is 0 Å². The van der Waals surface area contributed by atoms with Crippen LogP contribution < -0.4 is 5.32 Å². The highest BCUT2D eigenvalue weighted by Gasteiger charge is 2.18. The molecule has 3 heteroatoms. The molecule has 0 aliphatic carbocycles. The molecule has 0 spiro atoms. The zero-order chi connectivity index (χ0) is 14.7. The molecule has 1 unspecified atom stereocenters. The summed E-state index contributed by atoms with van der Waals surface area (Å²) in [6.07, 6.45) is 0. The second-order valence-corrected chi connectivity index (χ2v) is 6.34. The van der Waals surface area contributed by atoms with Gasteiger partial charge in [-0.25, -0.2) is 0 Å². The number of halogens is 2. The quantitative estimate of drug-likeness (QED) is 0.775. The number of rotatable bonds is 4. The van der Waals surface area contributed by atoms with Crippen molar-refractivity contribution in [2.24, 2.45) is 0 Å². The molecule has 1 nitrogen and oxygen atoms in total. The topological polar surface area (TPSA) is 12.0 Å². The van der Waals surface area contributed by atoms with Gasteiger partial charge in [-0.15, -0.1) is 0 Å². The number of benzene rings is 2. The fourth-order valence-corrected chi connectivity index (χ4v) is 3.08. The Labute approximate surface area is 134 Å². The predicted molar refractivity (Wildman–Crippen MR) is 90.6 cm³/mol. The van der Waals surface area contributed by atoms with E-state index in [1.54, 1.807) is 0 Å². The molecular formula is C17H19BrClN. The highest BCUT2D eigenvalue weighted by molar-refractivity contribution is 9.10. The van der Waals surface area contributed by atoms with Crippen molar-refractivity contribution in [2.75, 3.05) is 6.54 Å². The SMILES string of the molecule is CCNC(c1ccc(C)cc1C)c1cc(Br)ccc1Cl. The Bertz CT molecular complexity index is 610. The standard InChI is InChI=1S/C17H19BrClN/c1-4-20-17(14-7-5-11(2)9-12(14)3)15-10-13(18)6-8-16(15)19/h5-10,17,20H,4H2,1-3H3. The Morgan fingerprint density at radius 3 is 2.50 bits per heavy atom. The fourth-order valence-electron chi connectivity index (χ4n) is 2.48. The Kier molecular flexibility index (Phi) is 5.25. The summed E-state index contributed by atoms with van der Waals surface area (Å²) in [5, 5.41) is 4.33. The fraction of sp³-hybridized carbons (Fsp3) is 0.294. The Hall–Kier alpha value is -0.830. The van der Waals surface area contributed by atoms with E-state index in [0.29, 0.717) is 0 Å². The number of hydrogen-bond acceptors (Lipinski definition) is 1. The second kappa shape index (κ2) is 6.75. The van der Waals surface area contributed by atoms with Gasteiger partial charge in [-0.3, -0.25) is 0 Å². The van der Waals surface area contributed by atoms with Gasteiger partial charge in [0.2, 0.25) is 0 Å². The monoisotopic (exact) mass is 351 g/mol. The molecule has 0 aliphatic heterocycles. The lowest BCUT2D eigenvalue weighted by Crippen LogP contribution is -2.23. The molecule has 0 aliphatic rings. The molecule has 1 atom stereocenters. The van der Waals surface area contributed by atoms with Crippen LogP contribution in [0.5, 0.6) is 0 Å². The first-order valence-electron chi connectivity index (χ1n) is 6.78. The third-order valence-corrected chi connectivity index (χ3v) is 4.25. The summed E-state index contributed by atoms with van der Waals surface area (Å²) < 4.78 is 1.05. The van der Waals surface area contributed by atoms with Crippen molar-refractivity contribution in [3.63, 3.8) is 0 Å². The first kappa shape index (κ1) is 15.6. The summed E-state index contributed by atoms with van der Waals surface area (Å²) in [7, 11) is 0. The van der Waals surface area contributed by atoms with Crippen LogP contribution in [0.3, 0.4) is 0 Å². The van der Waals surface area contributed by atoms with E-state index in [9.17, 15) is 0 Å². The maximum absolute atomic E-state index is 6.40. The van der Waals surface area contributed by atoms with Crippen molar-refractivity contribution in [3.8, 4) is 0 Å². The first-order valence-corrected chi connectivity index (χ1v) is 7.95. The maximum Gasteiger partial charge on any atom is 0.0594 e. The molecule has 0 aromatic heterocycles. The summed E-state index contributed by atoms with van der Waals surface area (Å²) in [6.45, 7) is 7.27. The Morgan fingerprint density at radius 1 is 1.10 bits per heavy atom. The summed E-state index contributed by atoms with van der Waals surface area (Å²) in [6, 6.07) is 12.7. The highest BCUT2D eigenvalue weighted by Crippen LogP contribution is 2.32. The van der Waals surface area contributed by atoms with E-state index >= 15 is 0 Å². The third-order valence-electron chi connectivity index (χ3n) is 3.41. The maximum atomic E-state index is 6.40. The van der Waals surface area contributed by atoms with Gasteiger partial charge in [0.05, 0.1) is 6.04 Å². The molecule has 106 valence electrons. The Balaban J connectivity index is 2.53. The van der Waals surface area contributed by atoms with Gasteiger partial charge in [0.25, 0.3) is 0 Å². The average molecular weight is 353 g/mol. The summed E-state index contributed by atoms with van der Waals surface area (Å²) in [5.41, 5.74) is 4.95. The minimum atomic E-state index is 0.116. The summed E-state index contributed by atoms with van der Waals surface area (Å²) in [4.78, 5) is 0. The van der Waals surface area contributed by atoms with E-state index in [1.165, 1.54) is 16.7 Å². The van der Waals surface area contributed by atoms with Crippen LogP contribution in [0.4, 0.5) is 0 Å². The summed E-state index contributed by atoms with van der Waals surface area (Å²) >= 11 is 9.93. The van der Waals surface area contributed by atoms with Crippen molar-refractivity contribution in [1.82, 2.24) is 5.32 Å². The Morgan fingerprint density at radius 2 is 1.85 bits per heavy atom. The highest BCUT2D eigenvalue weighted by atomic mass is 79.9. The zero-order valence-electron chi connectivity index (χ0n) is 12.0. The minimum absolute atomic E-state index is 0.116. The van der Waals surface area contributed by atoms with Gasteiger partial charge in [-0.05, 0) is 55.3 Å². The lowest BCUT2D eigenvalue weighted by Gasteiger charge is -2.22. The van der Waals surface area contributed by atoms with Gasteiger partial charge < -0.3 is 5.32 Å². The van der Waals surface area contributed by atoms with Gasteiger partial charge in [0, 0.05) is 9.50 Å². The lowest BCUT2D eigenvalue weighted by molar-refractivity contribution is 0.627. The lowest BCUT2D eigenvalue weighted by atomic mass is 9.94. The first-order chi connectivity index (χ1) is 9.52. The van der Waals surface area contributed by atoms with Gasteiger partial charge in [0.1, 0.15) is 0 Å². The molecule has 0 bridgehead atoms. The average Bonchev–Trinajstić information content (AvgIpc) is 2.40. The van der Waals surface area contributed by atoms with Crippen molar-refractivity contribution in [2.45, 2.75) is 26.8 Å². The smallest absolute Gasteiger partial charge is 0.0594 e. The predicted octanol–water partition coefficient (Wildman–Crippen LogP) is 5.42. The van der Waals surface area contributed by atoms with E-state index in [-0.39, 0.29) is 6.04 Å². The van der Waals surface area contributed by atoms with Crippen molar-refractivity contribution >= 4 is 27.5 Å². The molecule has 2 rings (SSSR count). The van der Waals surface area contributed by atoms with Crippen LogP contribution in [-0.4, -0.2) is 6.54 Å². The molecule has 0 saturated carbocycles. The molecule has 2 aromatic carbocycles. The molecular weight excluding hydrogens is 334 g/mol. The van der Waals surface area contributed by atoms with Crippen molar-refractivity contribution in [3.05, 3.63) is 68.1 Å². The normalized spacial score (nSPS) is 12.4.